The van der Waals surface area contributed by atoms with Crippen molar-refractivity contribution in [3.8, 4) is 0 Å². The smallest absolute Gasteiger partial charge is 0.335 e. The van der Waals surface area contributed by atoms with E-state index in [-0.39, 0.29) is 5.56 Å². The van der Waals surface area contributed by atoms with Crippen LogP contribution in [0, 0.1) is 5.82 Å². The van der Waals surface area contributed by atoms with E-state index in [1.807, 2.05) is 0 Å². The lowest BCUT2D eigenvalue weighted by Gasteiger charge is -2.09. The largest absolute Gasteiger partial charge is 0.478 e. The number of carboxylic acid groups (broad SMARTS) is 1. The second-order valence-electron chi connectivity index (χ2n) is 4.37. The maximum Gasteiger partial charge on any atom is 0.335 e. The molecule has 0 aromatic heterocycles. The van der Waals surface area contributed by atoms with Gasteiger partial charge in [-0.1, -0.05) is 12.8 Å². The number of halogens is 1. The van der Waals surface area contributed by atoms with Gasteiger partial charge in [0.1, 0.15) is 5.82 Å². The number of carbonyl (C=O) groups is 1. The Morgan fingerprint density at radius 3 is 2.71 bits per heavy atom. The van der Waals surface area contributed by atoms with Crippen LogP contribution in [0.25, 0.3) is 0 Å². The van der Waals surface area contributed by atoms with Gasteiger partial charge < -0.3 is 5.11 Å². The van der Waals surface area contributed by atoms with E-state index in [0.717, 1.165) is 11.6 Å². The van der Waals surface area contributed by atoms with E-state index in [0.29, 0.717) is 11.0 Å². The molecule has 0 spiro atoms. The predicted octanol–water partition coefficient (Wildman–Crippen LogP) is 3.70. The topological polar surface area (TPSA) is 37.3 Å². The minimum absolute atomic E-state index is 0.0343. The third-order valence-electron chi connectivity index (χ3n) is 2.99. The van der Waals surface area contributed by atoms with Crippen LogP contribution in [0.2, 0.25) is 0 Å². The molecule has 0 bridgehead atoms. The average Bonchev–Trinajstić information content (AvgIpc) is 2.78. The highest BCUT2D eigenvalue weighted by atomic mass is 32.2. The molecule has 1 saturated carbocycles. The fourth-order valence-electron chi connectivity index (χ4n) is 2.13. The third-order valence-corrected chi connectivity index (χ3v) is 4.44. The maximum atomic E-state index is 13.2. The van der Waals surface area contributed by atoms with Crippen molar-refractivity contribution >= 4 is 17.7 Å². The Morgan fingerprint density at radius 2 is 2.06 bits per heavy atom. The van der Waals surface area contributed by atoms with Gasteiger partial charge in [0.05, 0.1) is 5.56 Å². The number of thioether (sulfide) groups is 1. The van der Waals surface area contributed by atoms with E-state index in [4.69, 9.17) is 5.11 Å². The van der Waals surface area contributed by atoms with Crippen molar-refractivity contribution in [3.05, 3.63) is 35.1 Å². The summed E-state index contributed by atoms with van der Waals surface area (Å²) in [6.45, 7) is 0. The standard InChI is InChI=1S/C13H15FO2S/c14-11-6-9(5-10(7-11)13(15)16)8-17-12-3-1-2-4-12/h5-7,12H,1-4,8H2,(H,15,16). The second-order valence-corrected chi connectivity index (χ2v) is 5.66. The molecule has 0 amide bonds. The molecule has 0 radical (unpaired) electrons. The number of benzene rings is 1. The van der Waals surface area contributed by atoms with Crippen LogP contribution in [0.4, 0.5) is 4.39 Å². The average molecular weight is 254 g/mol. The molecule has 17 heavy (non-hydrogen) atoms. The summed E-state index contributed by atoms with van der Waals surface area (Å²) in [4.78, 5) is 10.8. The van der Waals surface area contributed by atoms with Crippen LogP contribution in [0.15, 0.2) is 18.2 Å². The predicted molar refractivity (Wildman–Crippen MR) is 66.9 cm³/mol. The fourth-order valence-corrected chi connectivity index (χ4v) is 3.39. The van der Waals surface area contributed by atoms with E-state index < -0.39 is 11.8 Å². The molecule has 2 rings (SSSR count). The maximum absolute atomic E-state index is 13.2. The third kappa shape index (κ3) is 3.46. The van der Waals surface area contributed by atoms with Crippen LogP contribution in [-0.4, -0.2) is 16.3 Å². The summed E-state index contributed by atoms with van der Waals surface area (Å²) in [5.41, 5.74) is 0.798. The van der Waals surface area contributed by atoms with Crippen molar-refractivity contribution in [1.29, 1.82) is 0 Å². The molecular formula is C13H15FO2S. The molecule has 1 aromatic carbocycles. The summed E-state index contributed by atoms with van der Waals surface area (Å²) in [5, 5.41) is 9.50. The van der Waals surface area contributed by atoms with Crippen molar-refractivity contribution in [2.75, 3.05) is 0 Å². The van der Waals surface area contributed by atoms with Crippen LogP contribution in [0.1, 0.15) is 41.6 Å². The lowest BCUT2D eigenvalue weighted by Crippen LogP contribution is -2.00. The van der Waals surface area contributed by atoms with E-state index >= 15 is 0 Å². The summed E-state index contributed by atoms with van der Waals surface area (Å²) in [7, 11) is 0. The van der Waals surface area contributed by atoms with Crippen molar-refractivity contribution in [2.24, 2.45) is 0 Å². The molecule has 0 aliphatic heterocycles. The molecule has 1 aliphatic rings. The quantitative estimate of drug-likeness (QED) is 0.890. The van der Waals surface area contributed by atoms with Gasteiger partial charge in [-0.25, -0.2) is 9.18 Å². The van der Waals surface area contributed by atoms with Gasteiger partial charge >= 0.3 is 5.97 Å². The van der Waals surface area contributed by atoms with Crippen LogP contribution in [0.5, 0.6) is 0 Å². The van der Waals surface area contributed by atoms with Gasteiger partial charge in [-0.05, 0) is 36.6 Å². The fraction of sp³-hybridized carbons (Fsp3) is 0.462. The molecule has 0 atom stereocenters. The van der Waals surface area contributed by atoms with E-state index in [2.05, 4.69) is 0 Å². The van der Waals surface area contributed by atoms with Gasteiger partial charge in [0.2, 0.25) is 0 Å². The zero-order valence-corrected chi connectivity index (χ0v) is 10.3. The Morgan fingerprint density at radius 1 is 1.35 bits per heavy atom. The molecule has 0 heterocycles. The summed E-state index contributed by atoms with van der Waals surface area (Å²) in [6, 6.07) is 4.05. The summed E-state index contributed by atoms with van der Waals surface area (Å²) in [6.07, 6.45) is 5.01. The van der Waals surface area contributed by atoms with Crippen molar-refractivity contribution in [3.63, 3.8) is 0 Å². The zero-order chi connectivity index (χ0) is 12.3. The molecule has 0 saturated heterocycles. The number of hydrogen-bond donors (Lipinski definition) is 1. The van der Waals surface area contributed by atoms with E-state index in [1.165, 1.54) is 31.7 Å². The Labute approximate surface area is 104 Å². The first kappa shape index (κ1) is 12.4. The van der Waals surface area contributed by atoms with Crippen molar-refractivity contribution in [2.45, 2.75) is 36.7 Å². The molecule has 1 fully saturated rings. The highest BCUT2D eigenvalue weighted by molar-refractivity contribution is 7.99. The minimum atomic E-state index is -1.07. The first-order valence-electron chi connectivity index (χ1n) is 5.79. The Hall–Kier alpha value is -1.03. The lowest BCUT2D eigenvalue weighted by atomic mass is 10.1. The molecule has 1 N–H and O–H groups in total. The summed E-state index contributed by atoms with van der Waals surface area (Å²) < 4.78 is 13.2. The van der Waals surface area contributed by atoms with Gasteiger partial charge in [0.25, 0.3) is 0 Å². The molecule has 0 unspecified atom stereocenters. The summed E-state index contributed by atoms with van der Waals surface area (Å²) in [5.74, 6) is -0.841. The van der Waals surface area contributed by atoms with Crippen LogP contribution < -0.4 is 0 Å². The first-order valence-corrected chi connectivity index (χ1v) is 6.84. The number of aromatic carboxylic acids is 1. The normalized spacial score (nSPS) is 16.3. The van der Waals surface area contributed by atoms with Crippen molar-refractivity contribution < 1.29 is 14.3 Å². The SMILES string of the molecule is O=C(O)c1cc(F)cc(CSC2CCCC2)c1. The van der Waals surface area contributed by atoms with Crippen molar-refractivity contribution in [1.82, 2.24) is 0 Å². The monoisotopic (exact) mass is 254 g/mol. The highest BCUT2D eigenvalue weighted by Gasteiger charge is 2.15. The van der Waals surface area contributed by atoms with Gasteiger partial charge in [-0.15, -0.1) is 0 Å². The van der Waals surface area contributed by atoms with Gasteiger partial charge in [0.15, 0.2) is 0 Å². The number of hydrogen-bond acceptors (Lipinski definition) is 2. The van der Waals surface area contributed by atoms with Crippen LogP contribution in [-0.2, 0) is 5.75 Å². The summed E-state index contributed by atoms with van der Waals surface area (Å²) >= 11 is 1.81. The van der Waals surface area contributed by atoms with Gasteiger partial charge in [-0.3, -0.25) is 0 Å². The molecule has 2 nitrogen and oxygen atoms in total. The highest BCUT2D eigenvalue weighted by Crippen LogP contribution is 2.31. The number of carboxylic acids is 1. The van der Waals surface area contributed by atoms with Gasteiger partial charge in [0, 0.05) is 11.0 Å². The molecule has 1 aliphatic carbocycles. The molecule has 1 aromatic rings. The van der Waals surface area contributed by atoms with Crippen LogP contribution in [0.3, 0.4) is 0 Å². The van der Waals surface area contributed by atoms with Gasteiger partial charge in [-0.2, -0.15) is 11.8 Å². The van der Waals surface area contributed by atoms with E-state index in [9.17, 15) is 9.18 Å². The Balaban J connectivity index is 2.01. The van der Waals surface area contributed by atoms with Crippen LogP contribution >= 0.6 is 11.8 Å². The minimum Gasteiger partial charge on any atom is -0.478 e. The lowest BCUT2D eigenvalue weighted by molar-refractivity contribution is 0.0696. The Bertz CT molecular complexity index is 414. The zero-order valence-electron chi connectivity index (χ0n) is 9.49. The molecule has 4 heteroatoms. The first-order chi connectivity index (χ1) is 8.15. The number of rotatable bonds is 4. The van der Waals surface area contributed by atoms with E-state index in [1.54, 1.807) is 17.8 Å². The second kappa shape index (κ2) is 5.54. The molecular weight excluding hydrogens is 239 g/mol. The molecule has 92 valence electrons. The Kier molecular flexibility index (Phi) is 4.05.